The molecule has 0 aliphatic carbocycles. The summed E-state index contributed by atoms with van der Waals surface area (Å²) in [5.41, 5.74) is 0.533. The third kappa shape index (κ3) is 3.29. The van der Waals surface area contributed by atoms with E-state index in [4.69, 9.17) is 16.3 Å². The molecular weight excluding hydrogens is 266 g/mol. The number of rotatable bonds is 4. The first-order valence-electron chi connectivity index (χ1n) is 5.81. The molecule has 1 aromatic carbocycles. The molecule has 1 heterocycles. The highest BCUT2D eigenvalue weighted by Gasteiger charge is 2.11. The van der Waals surface area contributed by atoms with Crippen molar-refractivity contribution < 1.29 is 14.3 Å². The van der Waals surface area contributed by atoms with E-state index >= 15 is 0 Å². The van der Waals surface area contributed by atoms with Crippen LogP contribution in [0.3, 0.4) is 0 Å². The fourth-order valence-electron chi connectivity index (χ4n) is 1.65. The molecule has 0 aliphatic rings. The van der Waals surface area contributed by atoms with Crippen LogP contribution in [0.2, 0.25) is 5.02 Å². The summed E-state index contributed by atoms with van der Waals surface area (Å²) in [6, 6.07) is 6.82. The van der Waals surface area contributed by atoms with Gasteiger partial charge in [-0.15, -0.1) is 0 Å². The van der Waals surface area contributed by atoms with Crippen molar-refractivity contribution in [1.82, 2.24) is 4.98 Å². The lowest BCUT2D eigenvalue weighted by Gasteiger charge is -2.07. The second-order valence-corrected chi connectivity index (χ2v) is 4.53. The number of carbonyl (C=O) groups is 2. The highest BCUT2D eigenvalue weighted by Crippen LogP contribution is 2.29. The van der Waals surface area contributed by atoms with E-state index in [0.29, 0.717) is 16.3 Å². The number of hydrogen-bond acceptors (Lipinski definition) is 4. The number of nitrogens with zero attached hydrogens (tertiary/aromatic N) is 1. The third-order valence-electron chi connectivity index (χ3n) is 2.58. The van der Waals surface area contributed by atoms with E-state index in [1.165, 1.54) is 6.92 Å². The highest BCUT2D eigenvalue weighted by atomic mass is 35.5. The van der Waals surface area contributed by atoms with Crippen LogP contribution in [0, 0.1) is 0 Å². The average molecular weight is 278 g/mol. The fourth-order valence-corrected chi connectivity index (χ4v) is 1.86. The number of pyridine rings is 1. The van der Waals surface area contributed by atoms with Gasteiger partial charge < -0.3 is 9.53 Å². The minimum atomic E-state index is -0.454. The van der Waals surface area contributed by atoms with Gasteiger partial charge in [0.25, 0.3) is 0 Å². The number of hydrogen-bond donors (Lipinski definition) is 0. The zero-order valence-corrected chi connectivity index (χ0v) is 11.1. The maximum absolute atomic E-state index is 11.6. The van der Waals surface area contributed by atoms with E-state index < -0.39 is 5.97 Å². The Morgan fingerprint density at radius 3 is 2.79 bits per heavy atom. The van der Waals surface area contributed by atoms with Gasteiger partial charge >= 0.3 is 5.97 Å². The first-order valence-corrected chi connectivity index (χ1v) is 6.19. The number of halogens is 1. The van der Waals surface area contributed by atoms with Gasteiger partial charge in [-0.2, -0.15) is 0 Å². The number of Topliss-reactive ketones (excluding diaryl/α,β-unsaturated/α-hetero) is 1. The molecule has 0 fully saturated rings. The van der Waals surface area contributed by atoms with Crippen LogP contribution in [0.25, 0.3) is 10.9 Å². The van der Waals surface area contributed by atoms with Crippen molar-refractivity contribution in [2.45, 2.75) is 19.8 Å². The summed E-state index contributed by atoms with van der Waals surface area (Å²) in [5, 5.41) is 1.27. The Bertz CT molecular complexity index is 640. The Hall–Kier alpha value is -1.94. The number of aromatic nitrogens is 1. The second kappa shape index (κ2) is 5.80. The van der Waals surface area contributed by atoms with E-state index in [9.17, 15) is 9.59 Å². The van der Waals surface area contributed by atoms with Crippen molar-refractivity contribution in [3.63, 3.8) is 0 Å². The number of carbonyl (C=O) groups excluding carboxylic acids is 2. The van der Waals surface area contributed by atoms with Gasteiger partial charge in [0.15, 0.2) is 5.75 Å². The van der Waals surface area contributed by atoms with Crippen LogP contribution >= 0.6 is 11.6 Å². The predicted octanol–water partition coefficient (Wildman–Crippen LogP) is 3.16. The Morgan fingerprint density at radius 2 is 2.05 bits per heavy atom. The molecule has 0 aliphatic heterocycles. The molecule has 19 heavy (non-hydrogen) atoms. The van der Waals surface area contributed by atoms with Crippen LogP contribution in [0.5, 0.6) is 5.75 Å². The summed E-state index contributed by atoms with van der Waals surface area (Å²) < 4.78 is 5.22. The topological polar surface area (TPSA) is 56.3 Å². The summed E-state index contributed by atoms with van der Waals surface area (Å²) in [6.45, 7) is 1.44. The summed E-state index contributed by atoms with van der Waals surface area (Å²) in [7, 11) is 0. The molecular formula is C14H12ClNO3. The zero-order chi connectivity index (χ0) is 13.8. The van der Waals surface area contributed by atoms with Crippen molar-refractivity contribution >= 4 is 34.3 Å². The third-order valence-corrected chi connectivity index (χ3v) is 2.91. The molecule has 0 radical (unpaired) electrons. The van der Waals surface area contributed by atoms with E-state index in [2.05, 4.69) is 4.98 Å². The normalized spacial score (nSPS) is 10.4. The van der Waals surface area contributed by atoms with E-state index in [1.54, 1.807) is 30.5 Å². The number of ketones is 1. The molecule has 0 saturated carbocycles. The van der Waals surface area contributed by atoms with Gasteiger partial charge in [-0.1, -0.05) is 11.6 Å². The second-order valence-electron chi connectivity index (χ2n) is 4.12. The van der Waals surface area contributed by atoms with E-state index in [1.807, 2.05) is 0 Å². The SMILES string of the molecule is CC(=O)CCC(=O)Oc1ccc(Cl)c2cccnc12. The van der Waals surface area contributed by atoms with Gasteiger partial charge in [0.05, 0.1) is 11.4 Å². The number of esters is 1. The van der Waals surface area contributed by atoms with Crippen molar-refractivity contribution in [2.75, 3.05) is 0 Å². The maximum Gasteiger partial charge on any atom is 0.311 e. The maximum atomic E-state index is 11.6. The van der Waals surface area contributed by atoms with Crippen molar-refractivity contribution in [1.29, 1.82) is 0 Å². The van der Waals surface area contributed by atoms with Gasteiger partial charge in [-0.05, 0) is 31.2 Å². The quantitative estimate of drug-likeness (QED) is 0.636. The number of benzene rings is 1. The lowest BCUT2D eigenvalue weighted by molar-refractivity contribution is -0.135. The van der Waals surface area contributed by atoms with Crippen molar-refractivity contribution in [3.8, 4) is 5.75 Å². The Morgan fingerprint density at radius 1 is 1.26 bits per heavy atom. The van der Waals surface area contributed by atoms with Gasteiger partial charge in [0.1, 0.15) is 11.3 Å². The van der Waals surface area contributed by atoms with Crippen molar-refractivity contribution in [2.24, 2.45) is 0 Å². The molecule has 0 spiro atoms. The van der Waals surface area contributed by atoms with Crippen LogP contribution in [0.4, 0.5) is 0 Å². The largest absolute Gasteiger partial charge is 0.424 e. The van der Waals surface area contributed by atoms with Crippen LogP contribution in [-0.2, 0) is 9.59 Å². The molecule has 4 nitrogen and oxygen atoms in total. The minimum absolute atomic E-state index is 0.0453. The van der Waals surface area contributed by atoms with Crippen LogP contribution < -0.4 is 4.74 Å². The molecule has 2 aromatic rings. The van der Waals surface area contributed by atoms with Crippen LogP contribution in [0.15, 0.2) is 30.5 Å². The fraction of sp³-hybridized carbons (Fsp3) is 0.214. The molecule has 1 aromatic heterocycles. The Balaban J connectivity index is 2.24. The van der Waals surface area contributed by atoms with E-state index in [0.717, 1.165) is 5.39 Å². The summed E-state index contributed by atoms with van der Waals surface area (Å²) in [5.74, 6) is -0.144. The molecule has 98 valence electrons. The van der Waals surface area contributed by atoms with Gasteiger partial charge in [0, 0.05) is 18.0 Å². The molecule has 0 amide bonds. The van der Waals surface area contributed by atoms with Gasteiger partial charge in [-0.25, -0.2) is 0 Å². The number of fused-ring (bicyclic) bond motifs is 1. The summed E-state index contributed by atoms with van der Waals surface area (Å²) >= 11 is 6.04. The van der Waals surface area contributed by atoms with Crippen LogP contribution in [0.1, 0.15) is 19.8 Å². The minimum Gasteiger partial charge on any atom is -0.424 e. The Kier molecular flexibility index (Phi) is 4.12. The lowest BCUT2D eigenvalue weighted by Crippen LogP contribution is -2.09. The summed E-state index contributed by atoms with van der Waals surface area (Å²) in [6.07, 6.45) is 1.84. The highest BCUT2D eigenvalue weighted by molar-refractivity contribution is 6.35. The van der Waals surface area contributed by atoms with Crippen LogP contribution in [-0.4, -0.2) is 16.7 Å². The monoisotopic (exact) mass is 277 g/mol. The average Bonchev–Trinajstić information content (AvgIpc) is 2.40. The molecule has 5 heteroatoms. The van der Waals surface area contributed by atoms with Crippen molar-refractivity contribution in [3.05, 3.63) is 35.5 Å². The lowest BCUT2D eigenvalue weighted by atomic mass is 10.2. The summed E-state index contributed by atoms with van der Waals surface area (Å²) in [4.78, 5) is 26.6. The first kappa shape index (κ1) is 13.5. The predicted molar refractivity (Wildman–Crippen MR) is 72.3 cm³/mol. The molecule has 0 saturated heterocycles. The Labute approximate surface area is 115 Å². The van der Waals surface area contributed by atoms with Gasteiger partial charge in [-0.3, -0.25) is 9.78 Å². The number of ether oxygens (including phenoxy) is 1. The molecule has 2 rings (SSSR count). The molecule has 0 atom stereocenters. The standard InChI is InChI=1S/C14H12ClNO3/c1-9(17)4-7-13(18)19-12-6-5-11(15)10-3-2-8-16-14(10)12/h2-3,5-6,8H,4,7H2,1H3. The smallest absolute Gasteiger partial charge is 0.311 e. The zero-order valence-electron chi connectivity index (χ0n) is 10.4. The molecule has 0 unspecified atom stereocenters. The van der Waals surface area contributed by atoms with E-state index in [-0.39, 0.29) is 18.6 Å². The first-order chi connectivity index (χ1) is 9.08. The molecule has 0 bridgehead atoms. The molecule has 0 N–H and O–H groups in total. The van der Waals surface area contributed by atoms with Gasteiger partial charge in [0.2, 0.25) is 0 Å².